The van der Waals surface area contributed by atoms with Gasteiger partial charge in [0.25, 0.3) is 0 Å². The zero-order valence-electron chi connectivity index (χ0n) is 13.1. The van der Waals surface area contributed by atoms with Gasteiger partial charge in [0.1, 0.15) is 5.69 Å². The summed E-state index contributed by atoms with van der Waals surface area (Å²) in [4.78, 5) is 11.5. The second-order valence-corrected chi connectivity index (χ2v) is 5.78. The summed E-state index contributed by atoms with van der Waals surface area (Å²) in [6.45, 7) is 7.61. The van der Waals surface area contributed by atoms with Gasteiger partial charge in [-0.05, 0) is 37.0 Å². The average molecular weight is 289 g/mol. The Balaban J connectivity index is 2.65. The molecule has 1 heterocycles. The summed E-state index contributed by atoms with van der Waals surface area (Å²) in [5, 5.41) is 10.5. The zero-order chi connectivity index (χ0) is 15.6. The van der Waals surface area contributed by atoms with E-state index in [4.69, 9.17) is 4.74 Å². The predicted octanol–water partition coefficient (Wildman–Crippen LogP) is 3.81. The van der Waals surface area contributed by atoms with Crippen LogP contribution in [0, 0.1) is 6.92 Å². The molecule has 0 saturated heterocycles. The Kier molecular flexibility index (Phi) is 4.68. The number of carboxylic acid groups (broad SMARTS) is 1. The third-order valence-corrected chi connectivity index (χ3v) is 3.74. The van der Waals surface area contributed by atoms with E-state index in [1.54, 1.807) is 13.2 Å². The third kappa shape index (κ3) is 3.10. The highest BCUT2D eigenvalue weighted by atomic mass is 16.5. The lowest BCUT2D eigenvalue weighted by atomic mass is 9.98. The molecule has 21 heavy (non-hydrogen) atoms. The predicted molar refractivity (Wildman–Crippen MR) is 84.2 cm³/mol. The summed E-state index contributed by atoms with van der Waals surface area (Å²) in [7, 11) is 1.66. The Morgan fingerprint density at radius 2 is 2.05 bits per heavy atom. The topological polar surface area (TPSA) is 51.5 Å². The van der Waals surface area contributed by atoms with Crippen LogP contribution in [-0.4, -0.2) is 29.4 Å². The molecule has 0 aliphatic heterocycles. The smallest absolute Gasteiger partial charge is 0.352 e. The van der Waals surface area contributed by atoms with Gasteiger partial charge in [0, 0.05) is 25.6 Å². The molecule has 4 nitrogen and oxygen atoms in total. The lowest BCUT2D eigenvalue weighted by Crippen LogP contribution is -2.11. The van der Waals surface area contributed by atoms with E-state index in [-0.39, 0.29) is 0 Å². The Bertz CT molecular complexity index is 656. The monoisotopic (exact) mass is 289 g/mol. The number of benzene rings is 1. The van der Waals surface area contributed by atoms with Crippen molar-refractivity contribution < 1.29 is 14.6 Å². The van der Waals surface area contributed by atoms with Gasteiger partial charge in [-0.1, -0.05) is 25.5 Å². The number of hydrogen-bond donors (Lipinski definition) is 1. The molecule has 0 spiro atoms. The fourth-order valence-corrected chi connectivity index (χ4v) is 2.82. The number of carbonyl (C=O) groups is 1. The van der Waals surface area contributed by atoms with Gasteiger partial charge in [-0.2, -0.15) is 0 Å². The molecule has 1 aromatic heterocycles. The number of rotatable bonds is 6. The van der Waals surface area contributed by atoms with Gasteiger partial charge in [-0.15, -0.1) is 0 Å². The molecule has 0 bridgehead atoms. The lowest BCUT2D eigenvalue weighted by molar-refractivity contribution is 0.0684. The molecule has 0 radical (unpaired) electrons. The first-order valence-corrected chi connectivity index (χ1v) is 7.31. The van der Waals surface area contributed by atoms with Crippen LogP contribution in [0.4, 0.5) is 0 Å². The number of ether oxygens (including phenoxy) is 1. The highest BCUT2D eigenvalue weighted by Crippen LogP contribution is 2.30. The van der Waals surface area contributed by atoms with Gasteiger partial charge < -0.3 is 14.4 Å². The van der Waals surface area contributed by atoms with Gasteiger partial charge in [0.2, 0.25) is 0 Å². The summed E-state index contributed by atoms with van der Waals surface area (Å²) in [5.41, 5.74) is 3.77. The SMILES string of the molecule is COCCCn1c(C(=O)O)cc2cc(C)cc(C(C)C)c21. The normalized spacial score (nSPS) is 11.5. The number of aromatic carboxylic acids is 1. The van der Waals surface area contributed by atoms with E-state index in [0.717, 1.165) is 22.9 Å². The molecule has 0 atom stereocenters. The maximum atomic E-state index is 11.5. The molecule has 4 heteroatoms. The molecule has 0 aliphatic rings. The van der Waals surface area contributed by atoms with Crippen molar-refractivity contribution in [1.29, 1.82) is 0 Å². The quantitative estimate of drug-likeness (QED) is 0.823. The molecule has 0 saturated carbocycles. The molecule has 0 fully saturated rings. The van der Waals surface area contributed by atoms with Crippen molar-refractivity contribution in [3.63, 3.8) is 0 Å². The summed E-state index contributed by atoms with van der Waals surface area (Å²) in [6, 6.07) is 6.00. The van der Waals surface area contributed by atoms with E-state index in [1.807, 2.05) is 11.5 Å². The van der Waals surface area contributed by atoms with Crippen LogP contribution in [-0.2, 0) is 11.3 Å². The van der Waals surface area contributed by atoms with Crippen LogP contribution < -0.4 is 0 Å². The molecule has 1 N–H and O–H groups in total. The van der Waals surface area contributed by atoms with Crippen molar-refractivity contribution in [3.05, 3.63) is 35.0 Å². The Morgan fingerprint density at radius 3 is 2.62 bits per heavy atom. The molecule has 2 rings (SSSR count). The summed E-state index contributed by atoms with van der Waals surface area (Å²) >= 11 is 0. The molecule has 0 unspecified atom stereocenters. The molecule has 1 aromatic carbocycles. The van der Waals surface area contributed by atoms with Crippen molar-refractivity contribution in [1.82, 2.24) is 4.57 Å². The summed E-state index contributed by atoms with van der Waals surface area (Å²) < 4.78 is 7.01. The van der Waals surface area contributed by atoms with E-state index >= 15 is 0 Å². The summed E-state index contributed by atoms with van der Waals surface area (Å²) in [6.07, 6.45) is 0.798. The molecular formula is C17H23NO3. The van der Waals surface area contributed by atoms with Crippen LogP contribution in [0.15, 0.2) is 18.2 Å². The van der Waals surface area contributed by atoms with E-state index in [0.29, 0.717) is 24.8 Å². The largest absolute Gasteiger partial charge is 0.477 e. The van der Waals surface area contributed by atoms with Crippen molar-refractivity contribution >= 4 is 16.9 Å². The standard InChI is InChI=1S/C17H23NO3/c1-11(2)14-9-12(3)8-13-10-15(17(19)20)18(16(13)14)6-5-7-21-4/h8-11H,5-7H2,1-4H3,(H,19,20). The number of aryl methyl sites for hydroxylation is 2. The molecule has 0 amide bonds. The van der Waals surface area contributed by atoms with Crippen LogP contribution in [0.25, 0.3) is 10.9 Å². The number of carboxylic acids is 1. The Morgan fingerprint density at radius 1 is 1.33 bits per heavy atom. The van der Waals surface area contributed by atoms with Crippen LogP contribution >= 0.6 is 0 Å². The zero-order valence-corrected chi connectivity index (χ0v) is 13.1. The van der Waals surface area contributed by atoms with E-state index in [9.17, 15) is 9.90 Å². The maximum Gasteiger partial charge on any atom is 0.352 e. The fourth-order valence-electron chi connectivity index (χ4n) is 2.82. The maximum absolute atomic E-state index is 11.5. The van der Waals surface area contributed by atoms with Crippen molar-refractivity contribution in [3.8, 4) is 0 Å². The van der Waals surface area contributed by atoms with Gasteiger partial charge in [-0.25, -0.2) is 4.79 Å². The molecule has 114 valence electrons. The van der Waals surface area contributed by atoms with Gasteiger partial charge in [0.15, 0.2) is 0 Å². The van der Waals surface area contributed by atoms with E-state index in [1.165, 1.54) is 5.56 Å². The van der Waals surface area contributed by atoms with E-state index in [2.05, 4.69) is 26.0 Å². The van der Waals surface area contributed by atoms with Crippen LogP contribution in [0.3, 0.4) is 0 Å². The van der Waals surface area contributed by atoms with Crippen LogP contribution in [0.1, 0.15) is 47.8 Å². The van der Waals surface area contributed by atoms with Crippen LogP contribution in [0.2, 0.25) is 0 Å². The minimum Gasteiger partial charge on any atom is -0.477 e. The fraction of sp³-hybridized carbons (Fsp3) is 0.471. The third-order valence-electron chi connectivity index (χ3n) is 3.74. The first kappa shape index (κ1) is 15.6. The Hall–Kier alpha value is -1.81. The first-order chi connectivity index (χ1) is 9.95. The van der Waals surface area contributed by atoms with Gasteiger partial charge in [0.05, 0.1) is 5.52 Å². The minimum atomic E-state index is -0.879. The second kappa shape index (κ2) is 6.31. The minimum absolute atomic E-state index is 0.352. The van der Waals surface area contributed by atoms with Crippen LogP contribution in [0.5, 0.6) is 0 Å². The molecule has 0 aliphatic carbocycles. The average Bonchev–Trinajstić information content (AvgIpc) is 2.76. The van der Waals surface area contributed by atoms with Crippen molar-refractivity contribution in [2.45, 2.75) is 39.7 Å². The van der Waals surface area contributed by atoms with Gasteiger partial charge in [-0.3, -0.25) is 0 Å². The Labute approximate surface area is 125 Å². The summed E-state index contributed by atoms with van der Waals surface area (Å²) in [5.74, 6) is -0.527. The van der Waals surface area contributed by atoms with Crippen molar-refractivity contribution in [2.24, 2.45) is 0 Å². The number of aromatic nitrogens is 1. The number of fused-ring (bicyclic) bond motifs is 1. The lowest BCUT2D eigenvalue weighted by Gasteiger charge is -2.14. The second-order valence-electron chi connectivity index (χ2n) is 5.78. The van der Waals surface area contributed by atoms with Gasteiger partial charge >= 0.3 is 5.97 Å². The highest BCUT2D eigenvalue weighted by molar-refractivity contribution is 5.96. The van der Waals surface area contributed by atoms with E-state index < -0.39 is 5.97 Å². The number of hydrogen-bond acceptors (Lipinski definition) is 2. The van der Waals surface area contributed by atoms with Crippen molar-refractivity contribution in [2.75, 3.05) is 13.7 Å². The highest BCUT2D eigenvalue weighted by Gasteiger charge is 2.18. The molecule has 2 aromatic rings. The molecular weight excluding hydrogens is 266 g/mol. The number of methoxy groups -OCH3 is 1. The first-order valence-electron chi connectivity index (χ1n) is 7.31. The number of nitrogens with zero attached hydrogens (tertiary/aromatic N) is 1.